The van der Waals surface area contributed by atoms with Crippen molar-refractivity contribution in [1.29, 1.82) is 0 Å². The number of fused-ring (bicyclic) bond motifs is 3. The maximum atomic E-state index is 10.1. The Morgan fingerprint density at radius 2 is 1.59 bits per heavy atom. The Morgan fingerprint density at radius 3 is 2.28 bits per heavy atom. The number of rotatable bonds is 2. The number of hydrogen-bond acceptors (Lipinski definition) is 2. The summed E-state index contributed by atoms with van der Waals surface area (Å²) < 4.78 is 10.1. The van der Waals surface area contributed by atoms with Gasteiger partial charge in [0.15, 0.2) is 0 Å². The van der Waals surface area contributed by atoms with Gasteiger partial charge >= 0.3 is 0 Å². The fourth-order valence-electron chi connectivity index (χ4n) is 5.87. The summed E-state index contributed by atoms with van der Waals surface area (Å²) in [6.45, 7) is 11.5. The number of nitrogens with zero attached hydrogens (tertiary/aromatic N) is 2. The minimum atomic E-state index is -0.695. The standard InChI is InChI=1S/C27H34N2/c1-18-12-6-11-17-23(18)28-19(2)24-21-15-9-10-16-22(21)25(20-13-7-8-14-20)29(24)26(28)27(3,4)5/h6,9-12,15-17,20,25-26H,7-8,13-14H2,1-5H3/i25D. The summed E-state index contributed by atoms with van der Waals surface area (Å²) in [5.74, 6) is 0.380. The van der Waals surface area contributed by atoms with E-state index in [1.54, 1.807) is 0 Å². The van der Waals surface area contributed by atoms with E-state index >= 15 is 0 Å². The van der Waals surface area contributed by atoms with Crippen LogP contribution in [0.4, 0.5) is 5.69 Å². The third-order valence-corrected chi connectivity index (χ3v) is 7.04. The van der Waals surface area contributed by atoms with Crippen molar-refractivity contribution in [3.63, 3.8) is 0 Å². The molecule has 0 radical (unpaired) electrons. The van der Waals surface area contributed by atoms with Crippen LogP contribution >= 0.6 is 0 Å². The summed E-state index contributed by atoms with van der Waals surface area (Å²) in [5, 5.41) is 0. The van der Waals surface area contributed by atoms with Gasteiger partial charge in [-0.05, 0) is 49.8 Å². The Hall–Kier alpha value is -2.22. The average Bonchev–Trinajstić information content (AvgIpc) is 3.39. The van der Waals surface area contributed by atoms with E-state index in [0.717, 1.165) is 12.8 Å². The van der Waals surface area contributed by atoms with Crippen molar-refractivity contribution in [3.05, 3.63) is 70.9 Å². The van der Waals surface area contributed by atoms with Crippen molar-refractivity contribution in [2.45, 2.75) is 72.5 Å². The van der Waals surface area contributed by atoms with Gasteiger partial charge in [-0.15, -0.1) is 0 Å². The number of allylic oxidation sites excluding steroid dienone is 1. The second-order valence-electron chi connectivity index (χ2n) is 10.1. The smallest absolute Gasteiger partial charge is 0.112 e. The lowest BCUT2D eigenvalue weighted by Gasteiger charge is -2.46. The van der Waals surface area contributed by atoms with Crippen LogP contribution in [0.2, 0.25) is 0 Å². The van der Waals surface area contributed by atoms with Gasteiger partial charge in [0.1, 0.15) is 6.17 Å². The Balaban J connectivity index is 1.79. The molecule has 1 fully saturated rings. The van der Waals surface area contributed by atoms with Crippen LogP contribution in [-0.2, 0) is 0 Å². The van der Waals surface area contributed by atoms with Gasteiger partial charge in [-0.3, -0.25) is 0 Å². The molecule has 29 heavy (non-hydrogen) atoms. The summed E-state index contributed by atoms with van der Waals surface area (Å²) in [5.41, 5.74) is 7.57. The van der Waals surface area contributed by atoms with Crippen LogP contribution in [0.25, 0.3) is 5.70 Å². The lowest BCUT2D eigenvalue weighted by atomic mass is 9.86. The maximum Gasteiger partial charge on any atom is 0.112 e. The summed E-state index contributed by atoms with van der Waals surface area (Å²) in [6.07, 6.45) is 4.92. The fraction of sp³-hybridized carbons (Fsp3) is 0.481. The van der Waals surface area contributed by atoms with E-state index in [1.165, 1.54) is 46.6 Å². The lowest BCUT2D eigenvalue weighted by molar-refractivity contribution is 0.109. The van der Waals surface area contributed by atoms with Gasteiger partial charge in [-0.25, -0.2) is 0 Å². The molecule has 1 aliphatic carbocycles. The third kappa shape index (κ3) is 2.75. The Bertz CT molecular complexity index is 1010. The topological polar surface area (TPSA) is 6.48 Å². The first kappa shape index (κ1) is 17.6. The predicted molar refractivity (Wildman–Crippen MR) is 122 cm³/mol. The molecule has 0 spiro atoms. The minimum Gasteiger partial charge on any atom is -0.341 e. The summed E-state index contributed by atoms with van der Waals surface area (Å²) in [7, 11) is 0. The summed E-state index contributed by atoms with van der Waals surface area (Å²) >= 11 is 0. The van der Waals surface area contributed by atoms with E-state index in [-0.39, 0.29) is 11.6 Å². The van der Waals surface area contributed by atoms with Crippen LogP contribution < -0.4 is 4.90 Å². The van der Waals surface area contributed by atoms with E-state index in [9.17, 15) is 1.37 Å². The van der Waals surface area contributed by atoms with E-state index < -0.39 is 6.02 Å². The normalized spacial score (nSPS) is 27.5. The van der Waals surface area contributed by atoms with Gasteiger partial charge < -0.3 is 9.80 Å². The molecule has 0 aromatic heterocycles. The predicted octanol–water partition coefficient (Wildman–Crippen LogP) is 7.12. The lowest BCUT2D eigenvalue weighted by Crippen LogP contribution is -2.50. The molecule has 0 saturated heterocycles. The SMILES string of the molecule is [2H]C1(C2CCCC2)c2ccccc2C2=C(C)N(c3ccccc3C)C(C(C)(C)C)N21. The van der Waals surface area contributed by atoms with Crippen LogP contribution in [0.5, 0.6) is 0 Å². The maximum absolute atomic E-state index is 10.1. The number of aryl methyl sites for hydroxylation is 1. The fourth-order valence-corrected chi connectivity index (χ4v) is 5.87. The molecule has 0 N–H and O–H groups in total. The van der Waals surface area contributed by atoms with E-state index in [0.29, 0.717) is 5.92 Å². The Labute approximate surface area is 177 Å². The molecular weight excluding hydrogens is 352 g/mol. The zero-order valence-electron chi connectivity index (χ0n) is 19.5. The van der Waals surface area contributed by atoms with Crippen LogP contribution in [0.3, 0.4) is 0 Å². The van der Waals surface area contributed by atoms with Gasteiger partial charge in [0.25, 0.3) is 0 Å². The van der Waals surface area contributed by atoms with Crippen molar-refractivity contribution in [1.82, 2.24) is 4.90 Å². The first-order chi connectivity index (χ1) is 14.3. The van der Waals surface area contributed by atoms with Crippen molar-refractivity contribution < 1.29 is 1.37 Å². The summed E-state index contributed by atoms with van der Waals surface area (Å²) in [4.78, 5) is 5.04. The summed E-state index contributed by atoms with van der Waals surface area (Å²) in [6, 6.07) is 16.7. The number of hydrogen-bond donors (Lipinski definition) is 0. The third-order valence-electron chi connectivity index (χ3n) is 7.04. The largest absolute Gasteiger partial charge is 0.341 e. The Kier molecular flexibility index (Phi) is 4.04. The van der Waals surface area contributed by atoms with Crippen molar-refractivity contribution in [2.75, 3.05) is 4.90 Å². The van der Waals surface area contributed by atoms with Crippen LogP contribution in [0.1, 0.15) is 77.5 Å². The number of benzene rings is 2. The first-order valence-electron chi connectivity index (χ1n) is 11.7. The van der Waals surface area contributed by atoms with E-state index in [4.69, 9.17) is 0 Å². The van der Waals surface area contributed by atoms with Gasteiger partial charge in [0, 0.05) is 22.4 Å². The molecule has 1 saturated carbocycles. The molecule has 5 rings (SSSR count). The average molecular weight is 388 g/mol. The second-order valence-corrected chi connectivity index (χ2v) is 10.1. The monoisotopic (exact) mass is 387 g/mol. The zero-order chi connectivity index (χ0) is 21.3. The molecule has 2 atom stereocenters. The van der Waals surface area contributed by atoms with Gasteiger partial charge in [0.2, 0.25) is 0 Å². The highest BCUT2D eigenvalue weighted by atomic mass is 15.4. The molecule has 0 amide bonds. The van der Waals surface area contributed by atoms with E-state index in [1.807, 2.05) is 0 Å². The molecule has 2 aromatic rings. The molecule has 2 heterocycles. The molecule has 2 heteroatoms. The van der Waals surface area contributed by atoms with Gasteiger partial charge in [0.05, 0.1) is 13.1 Å². The van der Waals surface area contributed by atoms with Gasteiger partial charge in [-0.1, -0.05) is 76.1 Å². The van der Waals surface area contributed by atoms with E-state index in [2.05, 4.69) is 92.9 Å². The zero-order valence-corrected chi connectivity index (χ0v) is 18.5. The highest BCUT2D eigenvalue weighted by Gasteiger charge is 2.53. The van der Waals surface area contributed by atoms with Crippen molar-refractivity contribution in [2.24, 2.45) is 11.3 Å². The molecule has 3 aliphatic rings. The minimum absolute atomic E-state index is 0.0156. The molecule has 2 nitrogen and oxygen atoms in total. The van der Waals surface area contributed by atoms with Gasteiger partial charge in [-0.2, -0.15) is 0 Å². The molecule has 2 unspecified atom stereocenters. The molecule has 152 valence electrons. The Morgan fingerprint density at radius 1 is 0.931 bits per heavy atom. The number of anilines is 1. The highest BCUT2D eigenvalue weighted by molar-refractivity contribution is 5.82. The quantitative estimate of drug-likeness (QED) is 0.541. The number of para-hydroxylation sites is 1. The van der Waals surface area contributed by atoms with Crippen molar-refractivity contribution >= 4 is 11.4 Å². The highest BCUT2D eigenvalue weighted by Crippen LogP contribution is 2.58. The first-order valence-corrected chi connectivity index (χ1v) is 11.2. The van der Waals surface area contributed by atoms with Crippen molar-refractivity contribution in [3.8, 4) is 0 Å². The molecule has 2 aliphatic heterocycles. The van der Waals surface area contributed by atoms with Crippen LogP contribution in [-0.4, -0.2) is 11.1 Å². The van der Waals surface area contributed by atoms with Crippen LogP contribution in [0.15, 0.2) is 54.2 Å². The molecule has 2 aromatic carbocycles. The second kappa shape index (κ2) is 6.65. The van der Waals surface area contributed by atoms with Crippen LogP contribution in [0, 0.1) is 18.3 Å². The molecule has 0 bridgehead atoms. The molecular formula is C27H34N2.